The van der Waals surface area contributed by atoms with E-state index in [9.17, 15) is 10.2 Å². The molecule has 1 rings (SSSR count). The number of aromatic hydroxyl groups is 1. The summed E-state index contributed by atoms with van der Waals surface area (Å²) in [5, 5.41) is 19.4. The summed E-state index contributed by atoms with van der Waals surface area (Å²) in [5.41, 5.74) is 5.97. The lowest BCUT2D eigenvalue weighted by molar-refractivity contribution is 0.169. The molecule has 4 N–H and O–H groups in total. The fourth-order valence-electron chi connectivity index (χ4n) is 1.43. The molecule has 1 aromatic rings. The van der Waals surface area contributed by atoms with Gasteiger partial charge >= 0.3 is 0 Å². The lowest BCUT2D eigenvalue weighted by Crippen LogP contribution is -2.07. The molecular formula is C11H17NO4. The van der Waals surface area contributed by atoms with E-state index in [0.717, 1.165) is 0 Å². The van der Waals surface area contributed by atoms with E-state index in [-0.39, 0.29) is 17.2 Å². The molecule has 16 heavy (non-hydrogen) atoms. The summed E-state index contributed by atoms with van der Waals surface area (Å²) in [7, 11) is 2.88. The van der Waals surface area contributed by atoms with Crippen LogP contribution in [0.15, 0.2) is 12.1 Å². The van der Waals surface area contributed by atoms with Crippen molar-refractivity contribution in [2.45, 2.75) is 12.5 Å². The zero-order valence-electron chi connectivity index (χ0n) is 9.43. The molecule has 1 atom stereocenters. The molecular weight excluding hydrogens is 210 g/mol. The first-order valence-corrected chi connectivity index (χ1v) is 4.97. The van der Waals surface area contributed by atoms with Crippen molar-refractivity contribution in [3.05, 3.63) is 17.7 Å². The van der Waals surface area contributed by atoms with Gasteiger partial charge in [0.25, 0.3) is 0 Å². The first-order valence-electron chi connectivity index (χ1n) is 4.97. The Bertz CT molecular complexity index is 329. The number of phenols is 1. The van der Waals surface area contributed by atoms with Crippen LogP contribution in [0.5, 0.6) is 17.2 Å². The number of rotatable bonds is 5. The van der Waals surface area contributed by atoms with Crippen molar-refractivity contribution in [3.8, 4) is 17.2 Å². The van der Waals surface area contributed by atoms with Gasteiger partial charge in [-0.1, -0.05) is 0 Å². The van der Waals surface area contributed by atoms with Crippen LogP contribution in [0.4, 0.5) is 0 Å². The van der Waals surface area contributed by atoms with Gasteiger partial charge in [0.2, 0.25) is 5.75 Å². The first kappa shape index (κ1) is 12.6. The monoisotopic (exact) mass is 227 g/mol. The van der Waals surface area contributed by atoms with Crippen LogP contribution in [-0.4, -0.2) is 31.0 Å². The molecule has 5 nitrogen and oxygen atoms in total. The van der Waals surface area contributed by atoms with Gasteiger partial charge in [-0.15, -0.1) is 0 Å². The molecule has 0 amide bonds. The van der Waals surface area contributed by atoms with E-state index < -0.39 is 6.10 Å². The Morgan fingerprint density at radius 2 is 1.75 bits per heavy atom. The maximum absolute atomic E-state index is 9.78. The molecule has 5 heteroatoms. The number of benzene rings is 1. The normalized spacial score (nSPS) is 12.2. The van der Waals surface area contributed by atoms with Gasteiger partial charge in [-0.25, -0.2) is 0 Å². The SMILES string of the molecule is COc1cc([C@H](O)CCN)cc(OC)c1O. The van der Waals surface area contributed by atoms with E-state index in [1.54, 1.807) is 12.1 Å². The third kappa shape index (κ3) is 2.56. The molecule has 0 spiro atoms. The van der Waals surface area contributed by atoms with Gasteiger partial charge in [0.1, 0.15) is 0 Å². The van der Waals surface area contributed by atoms with Crippen molar-refractivity contribution < 1.29 is 19.7 Å². The molecule has 0 saturated carbocycles. The largest absolute Gasteiger partial charge is 0.502 e. The molecule has 0 heterocycles. The minimum Gasteiger partial charge on any atom is -0.502 e. The number of nitrogens with two attached hydrogens (primary N) is 1. The summed E-state index contributed by atoms with van der Waals surface area (Å²) in [6.07, 6.45) is -0.245. The van der Waals surface area contributed by atoms with Crippen molar-refractivity contribution in [2.75, 3.05) is 20.8 Å². The summed E-state index contributed by atoms with van der Waals surface area (Å²) in [6, 6.07) is 3.14. The highest BCUT2D eigenvalue weighted by Crippen LogP contribution is 2.38. The van der Waals surface area contributed by atoms with Gasteiger partial charge in [-0.05, 0) is 30.7 Å². The molecule has 0 aromatic heterocycles. The highest BCUT2D eigenvalue weighted by atomic mass is 16.5. The number of aliphatic hydroxyl groups excluding tert-OH is 1. The average molecular weight is 227 g/mol. The number of hydrogen-bond acceptors (Lipinski definition) is 5. The zero-order chi connectivity index (χ0) is 12.1. The van der Waals surface area contributed by atoms with Gasteiger partial charge in [0.05, 0.1) is 20.3 Å². The second-order valence-corrected chi connectivity index (χ2v) is 3.37. The lowest BCUT2D eigenvalue weighted by atomic mass is 10.1. The minimum absolute atomic E-state index is 0.0753. The van der Waals surface area contributed by atoms with Gasteiger partial charge in [-0.2, -0.15) is 0 Å². The molecule has 0 fully saturated rings. The Morgan fingerprint density at radius 3 is 2.12 bits per heavy atom. The van der Waals surface area contributed by atoms with Crippen LogP contribution >= 0.6 is 0 Å². The van der Waals surface area contributed by atoms with E-state index in [2.05, 4.69) is 0 Å². The predicted molar refractivity (Wildman–Crippen MR) is 59.8 cm³/mol. The standard InChI is InChI=1S/C11H17NO4/c1-15-9-5-7(8(13)3-4-12)6-10(16-2)11(9)14/h5-6,8,13-14H,3-4,12H2,1-2H3/t8-/m1/s1. The van der Waals surface area contributed by atoms with E-state index >= 15 is 0 Å². The Balaban J connectivity index is 3.11. The van der Waals surface area contributed by atoms with Crippen LogP contribution in [0.3, 0.4) is 0 Å². The second-order valence-electron chi connectivity index (χ2n) is 3.37. The highest BCUT2D eigenvalue weighted by Gasteiger charge is 2.15. The summed E-state index contributed by atoms with van der Waals surface area (Å²) in [4.78, 5) is 0. The number of methoxy groups -OCH3 is 2. The van der Waals surface area contributed by atoms with Crippen molar-refractivity contribution in [3.63, 3.8) is 0 Å². The lowest BCUT2D eigenvalue weighted by Gasteiger charge is -2.14. The summed E-state index contributed by atoms with van der Waals surface area (Å²) >= 11 is 0. The van der Waals surface area contributed by atoms with Crippen LogP contribution < -0.4 is 15.2 Å². The molecule has 1 aromatic carbocycles. The average Bonchev–Trinajstić information content (AvgIpc) is 2.29. The fraction of sp³-hybridized carbons (Fsp3) is 0.455. The van der Waals surface area contributed by atoms with Gasteiger partial charge < -0.3 is 25.4 Å². The first-order chi connectivity index (χ1) is 7.63. The number of aliphatic hydroxyl groups is 1. The van der Waals surface area contributed by atoms with Crippen LogP contribution in [0, 0.1) is 0 Å². The van der Waals surface area contributed by atoms with Crippen LogP contribution in [0.1, 0.15) is 18.1 Å². The molecule has 0 radical (unpaired) electrons. The third-order valence-electron chi connectivity index (χ3n) is 2.33. The molecule has 0 aliphatic carbocycles. The Morgan fingerprint density at radius 1 is 1.25 bits per heavy atom. The maximum Gasteiger partial charge on any atom is 0.200 e. The van der Waals surface area contributed by atoms with E-state index in [1.165, 1.54) is 14.2 Å². The smallest absolute Gasteiger partial charge is 0.200 e. The molecule has 0 saturated heterocycles. The van der Waals surface area contributed by atoms with E-state index in [4.69, 9.17) is 15.2 Å². The van der Waals surface area contributed by atoms with Crippen LogP contribution in [-0.2, 0) is 0 Å². The topological polar surface area (TPSA) is 84.9 Å². The number of hydrogen-bond donors (Lipinski definition) is 3. The maximum atomic E-state index is 9.78. The molecule has 0 bridgehead atoms. The Hall–Kier alpha value is -1.46. The van der Waals surface area contributed by atoms with Crippen LogP contribution in [0.25, 0.3) is 0 Å². The van der Waals surface area contributed by atoms with Crippen molar-refractivity contribution in [2.24, 2.45) is 5.73 Å². The van der Waals surface area contributed by atoms with Gasteiger partial charge in [0, 0.05) is 0 Å². The van der Waals surface area contributed by atoms with Crippen molar-refractivity contribution >= 4 is 0 Å². The van der Waals surface area contributed by atoms with E-state index in [1.807, 2.05) is 0 Å². The molecule has 0 unspecified atom stereocenters. The minimum atomic E-state index is -0.687. The number of ether oxygens (including phenoxy) is 2. The second kappa shape index (κ2) is 5.58. The van der Waals surface area contributed by atoms with Gasteiger partial charge in [-0.3, -0.25) is 0 Å². The molecule has 0 aliphatic rings. The Kier molecular flexibility index (Phi) is 4.39. The summed E-state index contributed by atoms with van der Waals surface area (Å²) in [6.45, 7) is 0.382. The molecule has 0 aliphatic heterocycles. The number of phenolic OH excluding ortho intramolecular Hbond substituents is 1. The Labute approximate surface area is 94.4 Å². The quantitative estimate of drug-likeness (QED) is 0.692. The summed E-state index contributed by atoms with van der Waals surface area (Å²) in [5.74, 6) is 0.463. The predicted octanol–water partition coefficient (Wildman–Crippen LogP) is 0.792. The fourth-order valence-corrected chi connectivity index (χ4v) is 1.43. The van der Waals surface area contributed by atoms with Crippen LogP contribution in [0.2, 0.25) is 0 Å². The van der Waals surface area contributed by atoms with Gasteiger partial charge in [0.15, 0.2) is 11.5 Å². The highest BCUT2D eigenvalue weighted by molar-refractivity contribution is 5.53. The molecule has 90 valence electrons. The zero-order valence-corrected chi connectivity index (χ0v) is 9.43. The van der Waals surface area contributed by atoms with Crippen molar-refractivity contribution in [1.29, 1.82) is 0 Å². The van der Waals surface area contributed by atoms with Crippen molar-refractivity contribution in [1.82, 2.24) is 0 Å². The summed E-state index contributed by atoms with van der Waals surface area (Å²) < 4.78 is 9.97. The van der Waals surface area contributed by atoms with E-state index in [0.29, 0.717) is 18.5 Å². The third-order valence-corrected chi connectivity index (χ3v) is 2.33.